The second-order valence-corrected chi connectivity index (χ2v) is 13.8. The normalized spacial score (nSPS) is 12.4. The molecule has 1 nitrogen and oxygen atoms in total. The first-order valence-corrected chi connectivity index (χ1v) is 14.2. The van der Waals surface area contributed by atoms with Crippen molar-refractivity contribution in [3.8, 4) is 5.75 Å². The summed E-state index contributed by atoms with van der Waals surface area (Å²) in [5.41, 5.74) is 0. The smallest absolute Gasteiger partial charge is 0.131 e. The fraction of sp³-hybridized carbons (Fsp3) is 0.143. The number of hydrogen-bond acceptors (Lipinski definition) is 1. The predicted molar refractivity (Wildman–Crippen MR) is 117 cm³/mol. The molecule has 128 valence electrons. The molecule has 1 unspecified atom stereocenters. The summed E-state index contributed by atoms with van der Waals surface area (Å²) in [6.45, 7) is 6.84. The van der Waals surface area contributed by atoms with E-state index in [2.05, 4.69) is 105 Å². The Morgan fingerprint density at radius 1 is 0.600 bits per heavy atom. The van der Waals surface area contributed by atoms with Gasteiger partial charge in [-0.15, -0.1) is 0 Å². The van der Waals surface area contributed by atoms with Gasteiger partial charge in [-0.1, -0.05) is 86.8 Å². The average Bonchev–Trinajstić information content (AvgIpc) is 2.64. The van der Waals surface area contributed by atoms with Gasteiger partial charge in [-0.25, -0.2) is 0 Å². The maximum atomic E-state index is 6.59. The lowest BCUT2D eigenvalue weighted by atomic mass is 10.3. The molecule has 1 atom stereocenters. The molecule has 0 fully saturated rings. The summed E-state index contributed by atoms with van der Waals surface area (Å²) in [5, 5.41) is 4.11. The van der Waals surface area contributed by atoms with Crippen molar-refractivity contribution >= 4 is 39.3 Å². The highest BCUT2D eigenvalue weighted by Gasteiger charge is 2.24. The lowest BCUT2D eigenvalue weighted by Crippen LogP contribution is -2.12. The van der Waals surface area contributed by atoms with E-state index in [0.29, 0.717) is 0 Å². The van der Waals surface area contributed by atoms with Gasteiger partial charge in [-0.2, -0.15) is 0 Å². The molecule has 4 heteroatoms. The summed E-state index contributed by atoms with van der Waals surface area (Å²) < 4.78 is 6.59. The van der Waals surface area contributed by atoms with Gasteiger partial charge < -0.3 is 4.52 Å². The molecule has 3 rings (SSSR count). The molecular weight excluding hydrogens is 361 g/mol. The van der Waals surface area contributed by atoms with Gasteiger partial charge in [-0.05, 0) is 36.7 Å². The van der Waals surface area contributed by atoms with E-state index in [1.807, 2.05) is 0 Å². The Balaban J connectivity index is 1.95. The Labute approximate surface area is 154 Å². The van der Waals surface area contributed by atoms with Crippen molar-refractivity contribution in [2.75, 3.05) is 20.0 Å². The first kappa shape index (κ1) is 18.5. The Morgan fingerprint density at radius 3 is 1.60 bits per heavy atom. The molecule has 0 saturated carbocycles. The molecule has 3 aromatic carbocycles. The van der Waals surface area contributed by atoms with Crippen molar-refractivity contribution in [3.63, 3.8) is 0 Å². The summed E-state index contributed by atoms with van der Waals surface area (Å²) in [6, 6.07) is 30.1. The van der Waals surface area contributed by atoms with Gasteiger partial charge in [0.15, 0.2) is 0 Å². The van der Waals surface area contributed by atoms with E-state index in [4.69, 9.17) is 4.52 Å². The van der Waals surface area contributed by atoms with Gasteiger partial charge in [0.05, 0.1) is 0 Å². The molecule has 25 heavy (non-hydrogen) atoms. The molecule has 0 N–H and O–H groups in total. The Bertz CT molecular complexity index is 751. The third-order valence-electron chi connectivity index (χ3n) is 3.86. The van der Waals surface area contributed by atoms with Gasteiger partial charge >= 0.3 is 0 Å². The second-order valence-electron chi connectivity index (χ2n) is 5.90. The number of para-hydroxylation sites is 1. The molecule has 0 aromatic heterocycles. The standard InChI is InChI=1S/C21H23OP3/c1-23(2)21-17-11-10-16-20(21)22-24(3)25(18-12-6-4-7-13-18)19-14-8-5-9-15-19/h4-17H,1-3H3. The minimum Gasteiger partial charge on any atom is -0.469 e. The zero-order chi connectivity index (χ0) is 17.6. The number of rotatable bonds is 6. The third kappa shape index (κ3) is 4.68. The highest BCUT2D eigenvalue weighted by Crippen LogP contribution is 2.65. The van der Waals surface area contributed by atoms with Crippen LogP contribution in [0.1, 0.15) is 0 Å². The van der Waals surface area contributed by atoms with Crippen molar-refractivity contribution in [1.29, 1.82) is 0 Å². The summed E-state index contributed by atoms with van der Waals surface area (Å²) in [5.74, 6) is 1.06. The highest BCUT2D eigenvalue weighted by molar-refractivity contribution is 8.34. The van der Waals surface area contributed by atoms with E-state index >= 15 is 0 Å². The van der Waals surface area contributed by atoms with E-state index in [1.165, 1.54) is 15.9 Å². The molecule has 0 saturated heterocycles. The molecule has 0 aliphatic rings. The van der Waals surface area contributed by atoms with Crippen LogP contribution < -0.4 is 20.4 Å². The Morgan fingerprint density at radius 2 is 1.08 bits per heavy atom. The lowest BCUT2D eigenvalue weighted by molar-refractivity contribution is 0.636. The molecule has 0 amide bonds. The van der Waals surface area contributed by atoms with Crippen LogP contribution in [-0.4, -0.2) is 20.0 Å². The summed E-state index contributed by atoms with van der Waals surface area (Å²) in [6.07, 6.45) is 0. The minimum absolute atomic E-state index is 0.182. The second kappa shape index (κ2) is 8.91. The predicted octanol–water partition coefficient (Wildman–Crippen LogP) is 5.51. The largest absolute Gasteiger partial charge is 0.469 e. The van der Waals surface area contributed by atoms with Crippen molar-refractivity contribution in [3.05, 3.63) is 84.9 Å². The van der Waals surface area contributed by atoms with Gasteiger partial charge in [0.1, 0.15) is 13.6 Å². The van der Waals surface area contributed by atoms with Crippen LogP contribution in [0.5, 0.6) is 5.75 Å². The summed E-state index contributed by atoms with van der Waals surface area (Å²) >= 11 is 0. The SMILES string of the molecule is CP(C)c1ccccc1OP(C)P(c1ccccc1)c1ccccc1. The fourth-order valence-electron chi connectivity index (χ4n) is 2.70. The molecule has 0 heterocycles. The van der Waals surface area contributed by atoms with E-state index in [0.717, 1.165) is 5.75 Å². The van der Waals surface area contributed by atoms with Crippen LogP contribution in [-0.2, 0) is 0 Å². The van der Waals surface area contributed by atoms with Gasteiger partial charge in [-0.3, -0.25) is 0 Å². The lowest BCUT2D eigenvalue weighted by Gasteiger charge is -2.27. The average molecular weight is 384 g/mol. The first-order chi connectivity index (χ1) is 12.2. The van der Waals surface area contributed by atoms with E-state index in [1.54, 1.807) is 0 Å². The van der Waals surface area contributed by atoms with Crippen LogP contribution in [0.25, 0.3) is 0 Å². The van der Waals surface area contributed by atoms with E-state index in [-0.39, 0.29) is 7.92 Å². The summed E-state index contributed by atoms with van der Waals surface area (Å²) in [4.78, 5) is 0. The highest BCUT2D eigenvalue weighted by atomic mass is 32.1. The van der Waals surface area contributed by atoms with E-state index < -0.39 is 15.4 Å². The van der Waals surface area contributed by atoms with Crippen LogP contribution in [0.3, 0.4) is 0 Å². The van der Waals surface area contributed by atoms with Crippen molar-refractivity contribution in [2.45, 2.75) is 0 Å². The van der Waals surface area contributed by atoms with Gasteiger partial charge in [0, 0.05) is 12.9 Å². The van der Waals surface area contributed by atoms with Gasteiger partial charge in [0.2, 0.25) is 0 Å². The zero-order valence-electron chi connectivity index (χ0n) is 14.8. The maximum Gasteiger partial charge on any atom is 0.131 e. The number of hydrogen-bond donors (Lipinski definition) is 0. The third-order valence-corrected chi connectivity index (χ3v) is 11.1. The van der Waals surface area contributed by atoms with Crippen LogP contribution in [0.15, 0.2) is 84.9 Å². The number of benzene rings is 3. The molecule has 0 aliphatic heterocycles. The maximum absolute atomic E-state index is 6.59. The van der Waals surface area contributed by atoms with Crippen LogP contribution in [0.4, 0.5) is 0 Å². The Kier molecular flexibility index (Phi) is 6.61. The van der Waals surface area contributed by atoms with Crippen molar-refractivity contribution in [2.24, 2.45) is 0 Å². The molecule has 0 radical (unpaired) electrons. The monoisotopic (exact) mass is 384 g/mol. The molecule has 0 spiro atoms. The van der Waals surface area contributed by atoms with E-state index in [9.17, 15) is 0 Å². The zero-order valence-corrected chi connectivity index (χ0v) is 17.5. The molecule has 0 aliphatic carbocycles. The fourth-order valence-corrected chi connectivity index (χ4v) is 9.36. The van der Waals surface area contributed by atoms with Gasteiger partial charge in [0.25, 0.3) is 0 Å². The van der Waals surface area contributed by atoms with Crippen molar-refractivity contribution in [1.82, 2.24) is 0 Å². The molecular formula is C21H23OP3. The topological polar surface area (TPSA) is 9.23 Å². The minimum atomic E-state index is -0.639. The van der Waals surface area contributed by atoms with Crippen LogP contribution >= 0.6 is 23.4 Å². The first-order valence-electron chi connectivity index (χ1n) is 8.25. The van der Waals surface area contributed by atoms with Crippen LogP contribution in [0.2, 0.25) is 0 Å². The summed E-state index contributed by atoms with van der Waals surface area (Å²) in [7, 11) is -1.34. The Hall–Kier alpha value is -1.25. The molecule has 0 bridgehead atoms. The van der Waals surface area contributed by atoms with Crippen molar-refractivity contribution < 1.29 is 4.52 Å². The van der Waals surface area contributed by atoms with Crippen LogP contribution in [0, 0.1) is 0 Å². The molecule has 3 aromatic rings. The quantitative estimate of drug-likeness (QED) is 0.510.